The SMILES string of the molecule is CC(C)(C)OC(=O)C1CCC(NC(=O)C2C(C3CCCCC3)CCCN2C(=O)/C=C/c2cc(Cl)ccc2-n2cnnn2)CC1. The summed E-state index contributed by atoms with van der Waals surface area (Å²) in [7, 11) is 0. The number of piperidine rings is 1. The summed E-state index contributed by atoms with van der Waals surface area (Å²) in [5, 5.41) is 15.3. The summed E-state index contributed by atoms with van der Waals surface area (Å²) in [4.78, 5) is 42.3. The highest BCUT2D eigenvalue weighted by Gasteiger charge is 2.43. The molecule has 3 aliphatic rings. The first-order valence-corrected chi connectivity index (χ1v) is 16.5. The molecule has 238 valence electrons. The Morgan fingerprint density at radius 3 is 2.43 bits per heavy atom. The lowest BCUT2D eigenvalue weighted by atomic mass is 9.72. The maximum Gasteiger partial charge on any atom is 0.309 e. The molecule has 11 heteroatoms. The monoisotopic (exact) mass is 624 g/mol. The van der Waals surface area contributed by atoms with Crippen LogP contribution >= 0.6 is 11.6 Å². The highest BCUT2D eigenvalue weighted by molar-refractivity contribution is 6.30. The van der Waals surface area contributed by atoms with Crippen molar-refractivity contribution in [1.82, 2.24) is 30.4 Å². The van der Waals surface area contributed by atoms with Gasteiger partial charge in [0, 0.05) is 29.2 Å². The first kappa shape index (κ1) is 32.1. The number of benzene rings is 1. The topological polar surface area (TPSA) is 119 Å². The van der Waals surface area contributed by atoms with Gasteiger partial charge in [0.25, 0.3) is 0 Å². The molecule has 1 aromatic carbocycles. The summed E-state index contributed by atoms with van der Waals surface area (Å²) in [6, 6.07) is 4.77. The predicted molar refractivity (Wildman–Crippen MR) is 168 cm³/mol. The van der Waals surface area contributed by atoms with E-state index in [0.717, 1.165) is 38.5 Å². The number of hydrogen-bond acceptors (Lipinski definition) is 7. The van der Waals surface area contributed by atoms with Gasteiger partial charge in [0.1, 0.15) is 18.0 Å². The van der Waals surface area contributed by atoms with Crippen molar-refractivity contribution in [2.75, 3.05) is 6.54 Å². The summed E-state index contributed by atoms with van der Waals surface area (Å²) in [6.45, 7) is 6.18. The van der Waals surface area contributed by atoms with Crippen molar-refractivity contribution in [2.45, 2.75) is 109 Å². The third kappa shape index (κ3) is 8.06. The zero-order chi connectivity index (χ0) is 31.3. The first-order valence-electron chi connectivity index (χ1n) is 16.1. The molecular weight excluding hydrogens is 580 g/mol. The highest BCUT2D eigenvalue weighted by Crippen LogP contribution is 2.39. The molecule has 0 bridgehead atoms. The van der Waals surface area contributed by atoms with Gasteiger partial charge in [-0.3, -0.25) is 14.4 Å². The number of likely N-dealkylation sites (tertiary alicyclic amines) is 1. The van der Waals surface area contributed by atoms with Crippen LogP contribution < -0.4 is 5.32 Å². The van der Waals surface area contributed by atoms with Crippen LogP contribution in [0.15, 0.2) is 30.6 Å². The predicted octanol–water partition coefficient (Wildman–Crippen LogP) is 5.53. The second kappa shape index (κ2) is 14.2. The molecule has 2 saturated carbocycles. The van der Waals surface area contributed by atoms with Gasteiger partial charge in [-0.15, -0.1) is 5.10 Å². The lowest BCUT2D eigenvalue weighted by molar-refractivity contribution is -0.161. The maximum atomic E-state index is 14.1. The van der Waals surface area contributed by atoms with Crippen LogP contribution in [0.2, 0.25) is 5.02 Å². The molecule has 0 spiro atoms. The van der Waals surface area contributed by atoms with Crippen LogP contribution in [0.5, 0.6) is 0 Å². The summed E-state index contributed by atoms with van der Waals surface area (Å²) in [5.41, 5.74) is 0.879. The standard InChI is InChI=1S/C33H45ClN6O4/c1-33(2,3)44-32(43)23-11-15-26(16-12-23)36-31(42)30-27(22-8-5-4-6-9-22)10-7-19-39(30)29(41)18-13-24-20-25(34)14-17-28(24)40-21-35-37-38-40/h13-14,17-18,20-23,26-27,30H,4-12,15-16,19H2,1-3H3,(H,36,42)/b18-13+. The van der Waals surface area contributed by atoms with E-state index >= 15 is 0 Å². The van der Waals surface area contributed by atoms with Crippen LogP contribution in [-0.4, -0.2) is 67.1 Å². The smallest absolute Gasteiger partial charge is 0.309 e. The third-order valence-electron chi connectivity index (χ3n) is 9.29. The molecule has 10 nitrogen and oxygen atoms in total. The Morgan fingerprint density at radius 2 is 1.75 bits per heavy atom. The van der Waals surface area contributed by atoms with E-state index in [1.54, 1.807) is 29.2 Å². The lowest BCUT2D eigenvalue weighted by Gasteiger charge is -2.45. The molecule has 0 radical (unpaired) electrons. The van der Waals surface area contributed by atoms with Crippen molar-refractivity contribution < 1.29 is 19.1 Å². The van der Waals surface area contributed by atoms with E-state index < -0.39 is 11.6 Å². The second-order valence-corrected chi connectivity index (χ2v) is 14.0. The van der Waals surface area contributed by atoms with Gasteiger partial charge >= 0.3 is 5.97 Å². The van der Waals surface area contributed by atoms with Crippen molar-refractivity contribution in [2.24, 2.45) is 17.8 Å². The van der Waals surface area contributed by atoms with Crippen molar-refractivity contribution in [3.05, 3.63) is 41.2 Å². The number of esters is 1. The molecule has 44 heavy (non-hydrogen) atoms. The quantitative estimate of drug-likeness (QED) is 0.318. The summed E-state index contributed by atoms with van der Waals surface area (Å²) >= 11 is 6.29. The fraction of sp³-hybridized carbons (Fsp3) is 0.636. The fourth-order valence-corrected chi connectivity index (χ4v) is 7.39. The van der Waals surface area contributed by atoms with Crippen LogP contribution in [0.1, 0.15) is 97.0 Å². The van der Waals surface area contributed by atoms with E-state index in [-0.39, 0.29) is 35.7 Å². The Hall–Kier alpha value is -3.27. The third-order valence-corrected chi connectivity index (χ3v) is 9.52. The van der Waals surface area contributed by atoms with Crippen molar-refractivity contribution in [3.8, 4) is 5.69 Å². The second-order valence-electron chi connectivity index (χ2n) is 13.6. The molecule has 1 N–H and O–H groups in total. The Labute approximate surface area is 264 Å². The van der Waals surface area contributed by atoms with Gasteiger partial charge in [0.05, 0.1) is 11.6 Å². The van der Waals surface area contributed by atoms with Crippen LogP contribution in [0.3, 0.4) is 0 Å². The molecular formula is C33H45ClN6O4. The van der Waals surface area contributed by atoms with E-state index in [1.807, 2.05) is 20.8 Å². The van der Waals surface area contributed by atoms with Gasteiger partial charge in [-0.25, -0.2) is 0 Å². The Kier molecular flexibility index (Phi) is 10.4. The molecule has 2 aromatic rings. The van der Waals surface area contributed by atoms with E-state index in [0.29, 0.717) is 41.6 Å². The Balaban J connectivity index is 1.31. The van der Waals surface area contributed by atoms with Crippen LogP contribution in [0.4, 0.5) is 0 Å². The average molecular weight is 625 g/mol. The molecule has 1 aromatic heterocycles. The fourth-order valence-electron chi connectivity index (χ4n) is 7.21. The largest absolute Gasteiger partial charge is 0.460 e. The number of carbonyl (C=O) groups is 3. The molecule has 2 aliphatic carbocycles. The summed E-state index contributed by atoms with van der Waals surface area (Å²) < 4.78 is 7.13. The summed E-state index contributed by atoms with van der Waals surface area (Å²) in [5.74, 6) is 0.00367. The van der Waals surface area contributed by atoms with Crippen molar-refractivity contribution in [1.29, 1.82) is 0 Å². The number of carbonyl (C=O) groups excluding carboxylic acids is 3. The molecule has 2 amide bonds. The molecule has 3 fully saturated rings. The van der Waals surface area contributed by atoms with E-state index in [9.17, 15) is 14.4 Å². The van der Waals surface area contributed by atoms with Crippen LogP contribution in [0.25, 0.3) is 11.8 Å². The van der Waals surface area contributed by atoms with Crippen LogP contribution in [0, 0.1) is 17.8 Å². The van der Waals surface area contributed by atoms with Crippen LogP contribution in [-0.2, 0) is 19.1 Å². The number of nitrogens with zero attached hydrogens (tertiary/aromatic N) is 5. The highest BCUT2D eigenvalue weighted by atomic mass is 35.5. The number of hydrogen-bond donors (Lipinski definition) is 1. The normalized spacial score (nSPS) is 25.1. The first-order chi connectivity index (χ1) is 21.1. The molecule has 2 heterocycles. The molecule has 1 aliphatic heterocycles. The zero-order valence-corrected chi connectivity index (χ0v) is 26.8. The van der Waals surface area contributed by atoms with E-state index in [4.69, 9.17) is 16.3 Å². The minimum Gasteiger partial charge on any atom is -0.460 e. The van der Waals surface area contributed by atoms with Gasteiger partial charge in [-0.1, -0.05) is 43.7 Å². The van der Waals surface area contributed by atoms with Gasteiger partial charge in [-0.2, -0.15) is 4.68 Å². The molecule has 1 saturated heterocycles. The van der Waals surface area contributed by atoms with E-state index in [1.165, 1.54) is 36.3 Å². The van der Waals surface area contributed by atoms with Gasteiger partial charge in [0.15, 0.2) is 0 Å². The van der Waals surface area contributed by atoms with Gasteiger partial charge < -0.3 is 15.0 Å². The number of amides is 2. The van der Waals surface area contributed by atoms with Gasteiger partial charge in [0.2, 0.25) is 11.8 Å². The Bertz CT molecular complexity index is 1330. The number of tetrazole rings is 1. The lowest BCUT2D eigenvalue weighted by Crippen LogP contribution is -2.58. The number of rotatable bonds is 7. The van der Waals surface area contributed by atoms with Crippen molar-refractivity contribution in [3.63, 3.8) is 0 Å². The van der Waals surface area contributed by atoms with Crippen molar-refractivity contribution >= 4 is 35.5 Å². The zero-order valence-electron chi connectivity index (χ0n) is 26.1. The number of halogens is 1. The summed E-state index contributed by atoms with van der Waals surface area (Å²) in [6.07, 6.45) is 15.2. The van der Waals surface area contributed by atoms with E-state index in [2.05, 4.69) is 20.8 Å². The Morgan fingerprint density at radius 1 is 1.00 bits per heavy atom. The average Bonchev–Trinajstić information content (AvgIpc) is 3.54. The number of aromatic nitrogens is 4. The number of ether oxygens (including phenoxy) is 1. The molecule has 5 rings (SSSR count). The maximum absolute atomic E-state index is 14.1. The minimum absolute atomic E-state index is 0.0204. The minimum atomic E-state index is -0.522. The van der Waals surface area contributed by atoms with Gasteiger partial charge in [-0.05, 0) is 106 Å². The number of nitrogens with one attached hydrogen (secondary N) is 1. The molecule has 2 atom stereocenters. The molecule has 2 unspecified atom stereocenters.